The van der Waals surface area contributed by atoms with Gasteiger partial charge < -0.3 is 10.6 Å². The summed E-state index contributed by atoms with van der Waals surface area (Å²) in [6.45, 7) is 1.95. The van der Waals surface area contributed by atoms with Crippen molar-refractivity contribution in [1.29, 1.82) is 0 Å². The summed E-state index contributed by atoms with van der Waals surface area (Å²) < 4.78 is 28.0. The maximum Gasteiger partial charge on any atom is 0.270 e. The second-order valence-corrected chi connectivity index (χ2v) is 8.57. The van der Waals surface area contributed by atoms with Crippen LogP contribution in [-0.2, 0) is 13.0 Å². The van der Waals surface area contributed by atoms with Gasteiger partial charge in [-0.15, -0.1) is 6.42 Å². The van der Waals surface area contributed by atoms with Crippen molar-refractivity contribution in [2.45, 2.75) is 32.4 Å². The van der Waals surface area contributed by atoms with Crippen LogP contribution >= 0.6 is 0 Å². The molecular formula is C27H21F2N5O2. The fraction of sp³-hybridized carbons (Fsp3) is 0.185. The van der Waals surface area contributed by atoms with E-state index >= 15 is 0 Å². The van der Waals surface area contributed by atoms with Gasteiger partial charge in [-0.25, -0.2) is 18.3 Å². The van der Waals surface area contributed by atoms with Crippen molar-refractivity contribution in [3.05, 3.63) is 99.5 Å². The van der Waals surface area contributed by atoms with Gasteiger partial charge in [0.1, 0.15) is 11.4 Å². The van der Waals surface area contributed by atoms with Crippen LogP contribution in [-0.4, -0.2) is 26.4 Å². The number of carbonyl (C=O) groups excluding carboxylic acids is 2. The summed E-state index contributed by atoms with van der Waals surface area (Å²) in [6, 6.07) is 9.94. The molecule has 1 aliphatic rings. The molecule has 2 N–H and O–H groups in total. The van der Waals surface area contributed by atoms with Crippen LogP contribution in [0.5, 0.6) is 0 Å². The first-order valence-electron chi connectivity index (χ1n) is 11.3. The smallest absolute Gasteiger partial charge is 0.270 e. The zero-order valence-corrected chi connectivity index (χ0v) is 19.3. The standard InChI is InChI=1S/C27H21F2N5O2/c1-3-17-5-6-19-18(15(17)2)7-9-22(19)33-27(36)24-13-23(32-25-10-11-31-34(24)25)26(35)30-14-16-4-8-20(28)21(29)12-16/h1,4-6,8,10-13,22H,7,9,14H2,2H3,(H,30,35)(H,33,36)/t22-/m0/s1. The molecule has 2 amide bonds. The van der Waals surface area contributed by atoms with Crippen LogP contribution < -0.4 is 10.6 Å². The lowest BCUT2D eigenvalue weighted by Gasteiger charge is -2.16. The highest BCUT2D eigenvalue weighted by atomic mass is 19.2. The van der Waals surface area contributed by atoms with E-state index in [2.05, 4.69) is 26.6 Å². The number of terminal acetylenes is 1. The molecule has 2 aromatic heterocycles. The molecular weight excluding hydrogens is 464 g/mol. The number of nitrogens with zero attached hydrogens (tertiary/aromatic N) is 3. The highest BCUT2D eigenvalue weighted by molar-refractivity contribution is 5.98. The number of nitrogens with one attached hydrogen (secondary N) is 2. The number of rotatable bonds is 5. The predicted octanol–water partition coefficient (Wildman–Crippen LogP) is 3.64. The first kappa shape index (κ1) is 23.2. The topological polar surface area (TPSA) is 88.4 Å². The number of carbonyl (C=O) groups is 2. The van der Waals surface area contributed by atoms with Crippen LogP contribution in [0.4, 0.5) is 8.78 Å². The number of amides is 2. The van der Waals surface area contributed by atoms with E-state index in [4.69, 9.17) is 6.42 Å². The van der Waals surface area contributed by atoms with Crippen LogP contribution in [0.15, 0.2) is 48.7 Å². The van der Waals surface area contributed by atoms with Crippen LogP contribution in [0, 0.1) is 30.9 Å². The van der Waals surface area contributed by atoms with Gasteiger partial charge in [0.15, 0.2) is 17.3 Å². The largest absolute Gasteiger partial charge is 0.347 e. The Labute approximate surface area is 205 Å². The Balaban J connectivity index is 1.38. The Morgan fingerprint density at radius 1 is 1.14 bits per heavy atom. The fourth-order valence-corrected chi connectivity index (χ4v) is 4.53. The van der Waals surface area contributed by atoms with Gasteiger partial charge in [0, 0.05) is 24.2 Å². The number of hydrogen-bond donors (Lipinski definition) is 2. The summed E-state index contributed by atoms with van der Waals surface area (Å²) in [4.78, 5) is 30.4. The van der Waals surface area contributed by atoms with Crippen LogP contribution in [0.2, 0.25) is 0 Å². The van der Waals surface area contributed by atoms with E-state index in [0.717, 1.165) is 47.2 Å². The normalized spacial score (nSPS) is 14.3. The van der Waals surface area contributed by atoms with E-state index in [1.165, 1.54) is 22.8 Å². The molecule has 9 heteroatoms. The van der Waals surface area contributed by atoms with Crippen molar-refractivity contribution in [1.82, 2.24) is 25.2 Å². The number of fused-ring (bicyclic) bond motifs is 2. The molecule has 2 heterocycles. The Bertz CT molecular complexity index is 1570. The van der Waals surface area contributed by atoms with Crippen molar-refractivity contribution in [2.75, 3.05) is 0 Å². The average Bonchev–Trinajstić information content (AvgIpc) is 3.51. The Morgan fingerprint density at radius 2 is 1.97 bits per heavy atom. The van der Waals surface area contributed by atoms with E-state index < -0.39 is 23.4 Å². The second-order valence-electron chi connectivity index (χ2n) is 8.57. The summed E-state index contributed by atoms with van der Waals surface area (Å²) in [6.07, 6.45) is 8.59. The monoisotopic (exact) mass is 485 g/mol. The van der Waals surface area contributed by atoms with Gasteiger partial charge in [-0.2, -0.15) is 5.10 Å². The third-order valence-electron chi connectivity index (χ3n) is 6.42. The molecule has 2 aromatic carbocycles. The summed E-state index contributed by atoms with van der Waals surface area (Å²) in [5.41, 5.74) is 4.90. The van der Waals surface area contributed by atoms with E-state index in [9.17, 15) is 18.4 Å². The summed E-state index contributed by atoms with van der Waals surface area (Å²) in [5.74, 6) is -0.255. The van der Waals surface area contributed by atoms with E-state index in [-0.39, 0.29) is 24.0 Å². The highest BCUT2D eigenvalue weighted by Gasteiger charge is 2.27. The molecule has 0 aliphatic heterocycles. The molecule has 180 valence electrons. The second kappa shape index (κ2) is 9.23. The van der Waals surface area contributed by atoms with Gasteiger partial charge >= 0.3 is 0 Å². The summed E-state index contributed by atoms with van der Waals surface area (Å²) >= 11 is 0. The molecule has 5 rings (SSSR count). The van der Waals surface area contributed by atoms with Gasteiger partial charge in [-0.05, 0) is 60.2 Å². The molecule has 0 fully saturated rings. The molecule has 0 bridgehead atoms. The Hall–Kier alpha value is -4.58. The SMILES string of the molecule is C#Cc1ccc2c(c1C)CC[C@@H]2NC(=O)c1cc(C(=O)NCc2ccc(F)c(F)c2)nc2ccnn12. The van der Waals surface area contributed by atoms with Crippen molar-refractivity contribution >= 4 is 17.5 Å². The highest BCUT2D eigenvalue weighted by Crippen LogP contribution is 2.34. The quantitative estimate of drug-likeness (QED) is 0.423. The van der Waals surface area contributed by atoms with E-state index in [1.54, 1.807) is 6.07 Å². The van der Waals surface area contributed by atoms with Crippen molar-refractivity contribution in [2.24, 2.45) is 0 Å². The Morgan fingerprint density at radius 3 is 2.75 bits per heavy atom. The first-order chi connectivity index (χ1) is 17.4. The zero-order valence-electron chi connectivity index (χ0n) is 19.3. The molecule has 4 aromatic rings. The van der Waals surface area contributed by atoms with Crippen LogP contribution in [0.25, 0.3) is 5.65 Å². The van der Waals surface area contributed by atoms with E-state index in [0.29, 0.717) is 11.2 Å². The average molecular weight is 485 g/mol. The number of aromatic nitrogens is 3. The molecule has 36 heavy (non-hydrogen) atoms. The predicted molar refractivity (Wildman–Crippen MR) is 128 cm³/mol. The van der Waals surface area contributed by atoms with Gasteiger partial charge in [0.2, 0.25) is 0 Å². The van der Waals surface area contributed by atoms with Crippen molar-refractivity contribution in [3.8, 4) is 12.3 Å². The van der Waals surface area contributed by atoms with Gasteiger partial charge in [-0.1, -0.05) is 18.1 Å². The van der Waals surface area contributed by atoms with Crippen LogP contribution in [0.1, 0.15) is 61.3 Å². The van der Waals surface area contributed by atoms with Gasteiger partial charge in [0.05, 0.1) is 12.2 Å². The van der Waals surface area contributed by atoms with E-state index in [1.807, 2.05) is 19.1 Å². The zero-order chi connectivity index (χ0) is 25.4. The molecule has 0 spiro atoms. The minimum atomic E-state index is -1.00. The molecule has 0 radical (unpaired) electrons. The lowest BCUT2D eigenvalue weighted by Crippen LogP contribution is -2.30. The molecule has 0 unspecified atom stereocenters. The molecule has 0 saturated heterocycles. The van der Waals surface area contributed by atoms with Crippen molar-refractivity contribution < 1.29 is 18.4 Å². The summed E-state index contributed by atoms with van der Waals surface area (Å²) in [5, 5.41) is 9.84. The molecule has 7 nitrogen and oxygen atoms in total. The van der Waals surface area contributed by atoms with Gasteiger partial charge in [-0.3, -0.25) is 9.59 Å². The van der Waals surface area contributed by atoms with Crippen LogP contribution in [0.3, 0.4) is 0 Å². The maximum atomic E-state index is 13.5. The molecule has 1 aliphatic carbocycles. The minimum Gasteiger partial charge on any atom is -0.347 e. The molecule has 1 atom stereocenters. The Kier molecular flexibility index (Phi) is 5.94. The van der Waals surface area contributed by atoms with Gasteiger partial charge in [0.25, 0.3) is 11.8 Å². The fourth-order valence-electron chi connectivity index (χ4n) is 4.53. The lowest BCUT2D eigenvalue weighted by atomic mass is 9.98. The minimum absolute atomic E-state index is 0.00272. The summed E-state index contributed by atoms with van der Waals surface area (Å²) in [7, 11) is 0. The first-order valence-corrected chi connectivity index (χ1v) is 11.3. The maximum absolute atomic E-state index is 13.5. The van der Waals surface area contributed by atoms with Crippen molar-refractivity contribution in [3.63, 3.8) is 0 Å². The molecule has 0 saturated carbocycles. The number of benzene rings is 2. The third-order valence-corrected chi connectivity index (χ3v) is 6.42. The number of halogens is 2. The third kappa shape index (κ3) is 4.18. The lowest BCUT2D eigenvalue weighted by molar-refractivity contribution is 0.0929. The number of hydrogen-bond acceptors (Lipinski definition) is 4.